The molecule has 3 nitrogen and oxygen atoms in total. The molecule has 1 heterocycles. The Kier molecular flexibility index (Phi) is 5.93. The van der Waals surface area contributed by atoms with Crippen molar-refractivity contribution >= 4 is 74.5 Å². The van der Waals surface area contributed by atoms with Gasteiger partial charge in [-0.2, -0.15) is 0 Å². The lowest BCUT2D eigenvalue weighted by atomic mass is 10.0. The van der Waals surface area contributed by atoms with Crippen molar-refractivity contribution in [3.8, 4) is 0 Å². The highest BCUT2D eigenvalue weighted by atomic mass is 32.2. The molecule has 0 unspecified atom stereocenters. The molecule has 5 heteroatoms. The van der Waals surface area contributed by atoms with Gasteiger partial charge < -0.3 is 0 Å². The van der Waals surface area contributed by atoms with Gasteiger partial charge in [0.1, 0.15) is 0 Å². The van der Waals surface area contributed by atoms with Crippen molar-refractivity contribution in [1.29, 1.82) is 0 Å². The Balaban J connectivity index is 1.58. The number of nitrogens with zero attached hydrogens (tertiary/aromatic N) is 1. The molecule has 0 aliphatic heterocycles. The smallest absolute Gasteiger partial charge is 0.234 e. The summed E-state index contributed by atoms with van der Waals surface area (Å²) in [4.78, 5) is 0.316. The standard InChI is InChI=1S/C36H29NO2S2/c1-22-13-17-31(24(3)19-22)37(32-18-14-23(2)20-25(32)4)41(38,39)34-21-33-35(29-12-8-7-11-28(29)34)30-16-15-26-9-5-6-10-27(26)36(30)40-33/h5-21H,1-4H3. The maximum Gasteiger partial charge on any atom is 0.269 e. The molecule has 7 aromatic rings. The number of thiophene rings is 1. The van der Waals surface area contributed by atoms with E-state index in [0.717, 1.165) is 48.5 Å². The second-order valence-electron chi connectivity index (χ2n) is 10.9. The fourth-order valence-corrected chi connectivity index (χ4v) is 9.32. The first-order valence-electron chi connectivity index (χ1n) is 13.7. The first-order chi connectivity index (χ1) is 19.7. The largest absolute Gasteiger partial charge is 0.269 e. The number of aryl methyl sites for hydroxylation is 4. The third-order valence-electron chi connectivity index (χ3n) is 7.99. The molecule has 202 valence electrons. The molecule has 0 saturated carbocycles. The maximum atomic E-state index is 15.0. The zero-order chi connectivity index (χ0) is 28.5. The highest BCUT2D eigenvalue weighted by Gasteiger charge is 2.31. The Hall–Kier alpha value is -4.19. The van der Waals surface area contributed by atoms with Crippen LogP contribution in [0.4, 0.5) is 11.4 Å². The Morgan fingerprint density at radius 3 is 1.80 bits per heavy atom. The molecule has 7 rings (SSSR count). The number of anilines is 2. The summed E-state index contributed by atoms with van der Waals surface area (Å²) < 4.78 is 33.7. The molecule has 0 aliphatic rings. The highest BCUT2D eigenvalue weighted by Crippen LogP contribution is 2.45. The number of rotatable bonds is 4. The Morgan fingerprint density at radius 1 is 0.585 bits per heavy atom. The van der Waals surface area contributed by atoms with Crippen molar-refractivity contribution < 1.29 is 8.42 Å². The molecule has 6 aromatic carbocycles. The minimum Gasteiger partial charge on any atom is -0.234 e. The van der Waals surface area contributed by atoms with E-state index in [2.05, 4.69) is 42.5 Å². The normalized spacial score (nSPS) is 12.1. The number of hydrogen-bond acceptors (Lipinski definition) is 3. The number of benzene rings is 6. The zero-order valence-electron chi connectivity index (χ0n) is 23.4. The summed E-state index contributed by atoms with van der Waals surface area (Å²) in [6, 6.07) is 34.4. The van der Waals surface area contributed by atoms with E-state index < -0.39 is 10.0 Å². The van der Waals surface area contributed by atoms with Crippen LogP contribution in [0.3, 0.4) is 0 Å². The molecular weight excluding hydrogens is 543 g/mol. The van der Waals surface area contributed by atoms with Gasteiger partial charge in [0.15, 0.2) is 0 Å². The van der Waals surface area contributed by atoms with E-state index in [0.29, 0.717) is 16.3 Å². The Bertz CT molecular complexity index is 2230. The fourth-order valence-electron chi connectivity index (χ4n) is 6.10. The van der Waals surface area contributed by atoms with Crippen LogP contribution in [0.5, 0.6) is 0 Å². The predicted octanol–water partition coefficient (Wildman–Crippen LogP) is 10.1. The summed E-state index contributed by atoms with van der Waals surface area (Å²) in [6.07, 6.45) is 0. The van der Waals surface area contributed by atoms with Crippen molar-refractivity contribution in [2.75, 3.05) is 4.31 Å². The van der Waals surface area contributed by atoms with Gasteiger partial charge in [0.2, 0.25) is 0 Å². The van der Waals surface area contributed by atoms with Crippen molar-refractivity contribution in [3.63, 3.8) is 0 Å². The van der Waals surface area contributed by atoms with E-state index in [1.807, 2.05) is 88.4 Å². The van der Waals surface area contributed by atoms with Crippen LogP contribution in [-0.4, -0.2) is 8.42 Å². The van der Waals surface area contributed by atoms with Gasteiger partial charge in [-0.3, -0.25) is 0 Å². The third-order valence-corrected chi connectivity index (χ3v) is 10.9. The molecule has 0 atom stereocenters. The monoisotopic (exact) mass is 571 g/mol. The van der Waals surface area contributed by atoms with Crippen LogP contribution in [0.1, 0.15) is 22.3 Å². The molecule has 0 spiro atoms. The van der Waals surface area contributed by atoms with Crippen molar-refractivity contribution in [3.05, 3.63) is 125 Å². The van der Waals surface area contributed by atoms with E-state index in [-0.39, 0.29) is 0 Å². The first kappa shape index (κ1) is 25.8. The summed E-state index contributed by atoms with van der Waals surface area (Å²) in [6.45, 7) is 8.01. The van der Waals surface area contributed by atoms with Gasteiger partial charge in [0.25, 0.3) is 10.0 Å². The predicted molar refractivity (Wildman–Crippen MR) is 175 cm³/mol. The molecule has 0 aliphatic carbocycles. The van der Waals surface area contributed by atoms with Gasteiger partial charge in [-0.05, 0) is 73.2 Å². The summed E-state index contributed by atoms with van der Waals surface area (Å²) in [5.41, 5.74) is 5.32. The van der Waals surface area contributed by atoms with Crippen LogP contribution in [0, 0.1) is 27.7 Å². The van der Waals surface area contributed by atoms with Crippen LogP contribution in [0.25, 0.3) is 41.7 Å². The van der Waals surface area contributed by atoms with Crippen LogP contribution in [0.2, 0.25) is 0 Å². The van der Waals surface area contributed by atoms with E-state index in [9.17, 15) is 0 Å². The topological polar surface area (TPSA) is 37.4 Å². The Morgan fingerprint density at radius 2 is 1.17 bits per heavy atom. The molecule has 0 bridgehead atoms. The van der Waals surface area contributed by atoms with Crippen LogP contribution in [-0.2, 0) is 10.0 Å². The van der Waals surface area contributed by atoms with E-state index in [1.165, 1.54) is 15.5 Å². The molecule has 0 saturated heterocycles. The quantitative estimate of drug-likeness (QED) is 0.211. The van der Waals surface area contributed by atoms with Crippen molar-refractivity contribution in [2.24, 2.45) is 0 Å². The zero-order valence-corrected chi connectivity index (χ0v) is 25.0. The lowest BCUT2D eigenvalue weighted by Crippen LogP contribution is -2.28. The second kappa shape index (κ2) is 9.44. The number of hydrogen-bond donors (Lipinski definition) is 0. The fraction of sp³-hybridized carbons (Fsp3) is 0.111. The average Bonchev–Trinajstić information content (AvgIpc) is 3.34. The highest BCUT2D eigenvalue weighted by molar-refractivity contribution is 7.93. The van der Waals surface area contributed by atoms with Crippen molar-refractivity contribution in [2.45, 2.75) is 32.6 Å². The van der Waals surface area contributed by atoms with Gasteiger partial charge in [-0.25, -0.2) is 12.7 Å². The van der Waals surface area contributed by atoms with Gasteiger partial charge in [0, 0.05) is 25.6 Å². The van der Waals surface area contributed by atoms with Crippen LogP contribution >= 0.6 is 11.3 Å². The molecular formula is C36H29NO2S2. The van der Waals surface area contributed by atoms with E-state index in [1.54, 1.807) is 15.6 Å². The minimum absolute atomic E-state index is 0.316. The lowest BCUT2D eigenvalue weighted by Gasteiger charge is -2.28. The number of fused-ring (bicyclic) bond motifs is 7. The van der Waals surface area contributed by atoms with Gasteiger partial charge in [-0.15, -0.1) is 11.3 Å². The maximum absolute atomic E-state index is 15.0. The molecule has 1 aromatic heterocycles. The van der Waals surface area contributed by atoms with Gasteiger partial charge in [-0.1, -0.05) is 96.1 Å². The van der Waals surface area contributed by atoms with Gasteiger partial charge >= 0.3 is 0 Å². The molecule has 0 fully saturated rings. The molecule has 41 heavy (non-hydrogen) atoms. The Labute approximate surface area is 244 Å². The SMILES string of the molecule is Cc1ccc(N(c2ccc(C)cc2C)S(=O)(=O)c2cc3sc4c5ccccc5ccc4c3c3ccccc23)c(C)c1. The minimum atomic E-state index is -4.04. The molecule has 0 radical (unpaired) electrons. The summed E-state index contributed by atoms with van der Waals surface area (Å²) in [5.74, 6) is 0. The first-order valence-corrected chi connectivity index (χ1v) is 16.0. The van der Waals surface area contributed by atoms with E-state index in [4.69, 9.17) is 0 Å². The third kappa shape index (κ3) is 4.03. The number of sulfonamides is 1. The van der Waals surface area contributed by atoms with Gasteiger partial charge in [0.05, 0.1) is 16.3 Å². The summed E-state index contributed by atoms with van der Waals surface area (Å²) in [7, 11) is -4.04. The summed E-state index contributed by atoms with van der Waals surface area (Å²) in [5, 5.41) is 6.31. The van der Waals surface area contributed by atoms with E-state index >= 15 is 8.42 Å². The second-order valence-corrected chi connectivity index (χ2v) is 13.7. The average molecular weight is 572 g/mol. The lowest BCUT2D eigenvalue weighted by molar-refractivity contribution is 0.597. The van der Waals surface area contributed by atoms with Crippen molar-refractivity contribution in [1.82, 2.24) is 0 Å². The van der Waals surface area contributed by atoms with Crippen LogP contribution in [0.15, 0.2) is 108 Å². The molecule has 0 amide bonds. The van der Waals surface area contributed by atoms with Crippen LogP contribution < -0.4 is 4.31 Å². The summed E-state index contributed by atoms with van der Waals surface area (Å²) >= 11 is 1.67. The molecule has 0 N–H and O–H groups in total.